The number of ether oxygens (including phenoxy) is 2. The van der Waals surface area contributed by atoms with Crippen LogP contribution in [0.25, 0.3) is 0 Å². The topological polar surface area (TPSA) is 79.2 Å². The molecule has 0 aromatic rings. The fourth-order valence-corrected chi connectivity index (χ4v) is 1.51. The standard InChI is InChI=1S/C11H20O5/c1-5-6-7(12)8(13)9(14)10(15-6)16-11(2,3)4/h5-10,12-14H,1H2,2-4H3/t6-,7-,8+,9+,10-/m1/s1. The summed E-state index contributed by atoms with van der Waals surface area (Å²) in [5, 5.41) is 28.9. The van der Waals surface area contributed by atoms with Crippen LogP contribution in [0.3, 0.4) is 0 Å². The first-order chi connectivity index (χ1) is 7.26. The van der Waals surface area contributed by atoms with Gasteiger partial charge in [-0.3, -0.25) is 0 Å². The molecular weight excluding hydrogens is 212 g/mol. The Morgan fingerprint density at radius 1 is 1.12 bits per heavy atom. The molecule has 0 radical (unpaired) electrons. The average molecular weight is 232 g/mol. The minimum absolute atomic E-state index is 0.515. The molecule has 1 aliphatic heterocycles. The van der Waals surface area contributed by atoms with E-state index in [0.717, 1.165) is 0 Å². The Labute approximate surface area is 95.3 Å². The van der Waals surface area contributed by atoms with Gasteiger partial charge in [0.25, 0.3) is 0 Å². The van der Waals surface area contributed by atoms with E-state index in [9.17, 15) is 15.3 Å². The summed E-state index contributed by atoms with van der Waals surface area (Å²) in [6.07, 6.45) is -4.10. The lowest BCUT2D eigenvalue weighted by Crippen LogP contribution is -2.58. The summed E-state index contributed by atoms with van der Waals surface area (Å²) in [4.78, 5) is 0. The van der Waals surface area contributed by atoms with Crippen LogP contribution in [0, 0.1) is 0 Å². The molecule has 1 rings (SSSR count). The van der Waals surface area contributed by atoms with Crippen LogP contribution in [-0.2, 0) is 9.47 Å². The molecule has 0 spiro atoms. The van der Waals surface area contributed by atoms with Crippen LogP contribution in [-0.4, -0.2) is 51.6 Å². The Morgan fingerprint density at radius 2 is 1.69 bits per heavy atom. The molecule has 0 aromatic carbocycles. The van der Waals surface area contributed by atoms with Crippen LogP contribution in [0.2, 0.25) is 0 Å². The second-order valence-corrected chi connectivity index (χ2v) is 4.91. The van der Waals surface area contributed by atoms with Crippen LogP contribution in [0.1, 0.15) is 20.8 Å². The SMILES string of the molecule is C=C[C@H]1O[C@H](OC(C)(C)C)[C@@H](O)[C@@H](O)[C@@H]1O. The van der Waals surface area contributed by atoms with Crippen molar-refractivity contribution >= 4 is 0 Å². The van der Waals surface area contributed by atoms with Crippen molar-refractivity contribution in [2.24, 2.45) is 0 Å². The van der Waals surface area contributed by atoms with Crippen LogP contribution in [0.4, 0.5) is 0 Å². The lowest BCUT2D eigenvalue weighted by atomic mass is 9.98. The molecule has 1 heterocycles. The minimum atomic E-state index is -1.30. The van der Waals surface area contributed by atoms with E-state index in [0.29, 0.717) is 0 Å². The first-order valence-electron chi connectivity index (χ1n) is 5.26. The number of hydrogen-bond acceptors (Lipinski definition) is 5. The van der Waals surface area contributed by atoms with Crippen LogP contribution in [0.15, 0.2) is 12.7 Å². The van der Waals surface area contributed by atoms with Crippen LogP contribution in [0.5, 0.6) is 0 Å². The Kier molecular flexibility index (Phi) is 4.09. The summed E-state index contributed by atoms with van der Waals surface area (Å²) in [5.74, 6) is 0. The molecule has 0 unspecified atom stereocenters. The third-order valence-corrected chi connectivity index (χ3v) is 2.31. The number of rotatable bonds is 2. The Morgan fingerprint density at radius 3 is 2.12 bits per heavy atom. The van der Waals surface area contributed by atoms with E-state index in [1.165, 1.54) is 6.08 Å². The van der Waals surface area contributed by atoms with Gasteiger partial charge in [-0.15, -0.1) is 6.58 Å². The second kappa shape index (κ2) is 4.81. The van der Waals surface area contributed by atoms with Crippen molar-refractivity contribution in [3.8, 4) is 0 Å². The van der Waals surface area contributed by atoms with Crippen LogP contribution < -0.4 is 0 Å². The molecule has 5 heteroatoms. The lowest BCUT2D eigenvalue weighted by Gasteiger charge is -2.41. The third kappa shape index (κ3) is 3.02. The van der Waals surface area contributed by atoms with Gasteiger partial charge in [-0.05, 0) is 20.8 Å². The number of aliphatic hydroxyl groups excluding tert-OH is 3. The van der Waals surface area contributed by atoms with E-state index in [4.69, 9.17) is 9.47 Å². The average Bonchev–Trinajstić information content (AvgIpc) is 2.17. The summed E-state index contributed by atoms with van der Waals surface area (Å²) < 4.78 is 10.8. The third-order valence-electron chi connectivity index (χ3n) is 2.31. The van der Waals surface area contributed by atoms with Gasteiger partial charge in [0.15, 0.2) is 6.29 Å². The summed E-state index contributed by atoms with van der Waals surface area (Å²) in [5.41, 5.74) is -0.515. The van der Waals surface area contributed by atoms with E-state index in [1.807, 2.05) is 20.8 Å². The second-order valence-electron chi connectivity index (χ2n) is 4.91. The fraction of sp³-hybridized carbons (Fsp3) is 0.818. The molecule has 1 fully saturated rings. The zero-order chi connectivity index (χ0) is 12.5. The number of hydrogen-bond donors (Lipinski definition) is 3. The smallest absolute Gasteiger partial charge is 0.187 e. The van der Waals surface area contributed by atoms with Gasteiger partial charge in [0.05, 0.1) is 5.60 Å². The Bertz CT molecular complexity index is 247. The molecule has 1 aliphatic rings. The van der Waals surface area contributed by atoms with Crippen molar-refractivity contribution in [2.75, 3.05) is 0 Å². The molecule has 3 N–H and O–H groups in total. The molecule has 94 valence electrons. The summed E-state index contributed by atoms with van der Waals surface area (Å²) in [6.45, 7) is 8.92. The van der Waals surface area contributed by atoms with Crippen molar-refractivity contribution in [1.82, 2.24) is 0 Å². The highest BCUT2D eigenvalue weighted by Crippen LogP contribution is 2.25. The molecule has 0 bridgehead atoms. The first-order valence-corrected chi connectivity index (χ1v) is 5.26. The van der Waals surface area contributed by atoms with Crippen LogP contribution >= 0.6 is 0 Å². The Balaban J connectivity index is 2.75. The van der Waals surface area contributed by atoms with Crippen molar-refractivity contribution in [1.29, 1.82) is 0 Å². The van der Waals surface area contributed by atoms with Gasteiger partial charge in [-0.25, -0.2) is 0 Å². The quantitative estimate of drug-likeness (QED) is 0.574. The normalized spacial score (nSPS) is 40.8. The maximum Gasteiger partial charge on any atom is 0.187 e. The molecule has 0 aromatic heterocycles. The molecule has 16 heavy (non-hydrogen) atoms. The van der Waals surface area contributed by atoms with Gasteiger partial charge in [0, 0.05) is 0 Å². The molecule has 5 atom stereocenters. The van der Waals surface area contributed by atoms with E-state index in [2.05, 4.69) is 6.58 Å². The molecular formula is C11H20O5. The highest BCUT2D eigenvalue weighted by Gasteiger charge is 2.44. The Hall–Kier alpha value is -0.460. The minimum Gasteiger partial charge on any atom is -0.387 e. The highest BCUT2D eigenvalue weighted by atomic mass is 16.7. The van der Waals surface area contributed by atoms with Crippen molar-refractivity contribution < 1.29 is 24.8 Å². The fourth-order valence-electron chi connectivity index (χ4n) is 1.51. The van der Waals surface area contributed by atoms with E-state index >= 15 is 0 Å². The van der Waals surface area contributed by atoms with Gasteiger partial charge in [0.2, 0.25) is 0 Å². The predicted octanol–water partition coefficient (Wildman–Crippen LogP) is -0.205. The summed E-state index contributed by atoms with van der Waals surface area (Å²) >= 11 is 0. The number of aliphatic hydroxyl groups is 3. The van der Waals surface area contributed by atoms with E-state index in [1.54, 1.807) is 0 Å². The molecule has 5 nitrogen and oxygen atoms in total. The van der Waals surface area contributed by atoms with Gasteiger partial charge in [0.1, 0.15) is 24.4 Å². The van der Waals surface area contributed by atoms with Gasteiger partial charge in [-0.1, -0.05) is 6.08 Å². The van der Waals surface area contributed by atoms with Crippen molar-refractivity contribution in [3.63, 3.8) is 0 Å². The maximum absolute atomic E-state index is 9.69. The molecule has 1 saturated heterocycles. The van der Waals surface area contributed by atoms with E-state index in [-0.39, 0.29) is 0 Å². The van der Waals surface area contributed by atoms with Gasteiger partial charge < -0.3 is 24.8 Å². The molecule has 0 saturated carbocycles. The zero-order valence-corrected chi connectivity index (χ0v) is 9.83. The molecule has 0 aliphatic carbocycles. The lowest BCUT2D eigenvalue weighted by molar-refractivity contribution is -0.309. The predicted molar refractivity (Wildman–Crippen MR) is 57.7 cm³/mol. The first kappa shape index (κ1) is 13.6. The van der Waals surface area contributed by atoms with Crippen molar-refractivity contribution in [2.45, 2.75) is 57.1 Å². The molecule has 0 amide bonds. The summed E-state index contributed by atoms with van der Waals surface area (Å²) in [7, 11) is 0. The zero-order valence-electron chi connectivity index (χ0n) is 9.83. The van der Waals surface area contributed by atoms with Gasteiger partial charge >= 0.3 is 0 Å². The van der Waals surface area contributed by atoms with E-state index < -0.39 is 36.3 Å². The highest BCUT2D eigenvalue weighted by molar-refractivity contribution is 4.97. The maximum atomic E-state index is 9.69. The summed E-state index contributed by atoms with van der Waals surface area (Å²) in [6, 6.07) is 0. The van der Waals surface area contributed by atoms with Crippen molar-refractivity contribution in [3.05, 3.63) is 12.7 Å². The largest absolute Gasteiger partial charge is 0.387 e. The van der Waals surface area contributed by atoms with Gasteiger partial charge in [-0.2, -0.15) is 0 Å². The monoisotopic (exact) mass is 232 g/mol.